The molecule has 17 heavy (non-hydrogen) atoms. The van der Waals surface area contributed by atoms with Gasteiger partial charge in [-0.1, -0.05) is 64.4 Å². The summed E-state index contributed by atoms with van der Waals surface area (Å²) in [5, 5.41) is 0.873. The molecule has 4 heteroatoms. The van der Waals surface area contributed by atoms with Crippen molar-refractivity contribution in [1.29, 1.82) is 0 Å². The maximum Gasteiger partial charge on any atom is 0.287 e. The first kappa shape index (κ1) is 16.6. The van der Waals surface area contributed by atoms with Crippen LogP contribution < -0.4 is 0 Å². The molecule has 0 aliphatic carbocycles. The van der Waals surface area contributed by atoms with E-state index in [2.05, 4.69) is 6.92 Å². The average Bonchev–Trinajstić information content (AvgIpc) is 2.24. The number of unbranched alkanes of at least 4 members (excludes halogenated alkanes) is 9. The topological polar surface area (TPSA) is 54.4 Å². The van der Waals surface area contributed by atoms with Gasteiger partial charge in [0.05, 0.1) is 5.41 Å². The third kappa shape index (κ3) is 15.6. The zero-order valence-corrected chi connectivity index (χ0v) is 11.7. The zero-order chi connectivity index (χ0) is 13.0. The molecule has 0 aromatic carbocycles. The molecule has 0 aromatic heterocycles. The van der Waals surface area contributed by atoms with E-state index in [1.54, 1.807) is 0 Å². The highest BCUT2D eigenvalue weighted by atomic mass is 32.2. The second-order valence-electron chi connectivity index (χ2n) is 4.50. The molecule has 0 aromatic rings. The fourth-order valence-corrected chi connectivity index (χ4v) is 2.14. The van der Waals surface area contributed by atoms with Crippen LogP contribution in [0.1, 0.15) is 71.1 Å². The molecule has 102 valence electrons. The summed E-state index contributed by atoms with van der Waals surface area (Å²) in [7, 11) is -3.91. The molecule has 0 unspecified atom stereocenters. The van der Waals surface area contributed by atoms with Gasteiger partial charge < -0.3 is 0 Å². The van der Waals surface area contributed by atoms with E-state index < -0.39 is 10.1 Å². The second kappa shape index (κ2) is 10.8. The van der Waals surface area contributed by atoms with Gasteiger partial charge in [0.25, 0.3) is 10.1 Å². The normalized spacial score (nSPS) is 12.4. The van der Waals surface area contributed by atoms with Gasteiger partial charge in [-0.15, -0.1) is 0 Å². The Morgan fingerprint density at radius 2 is 1.35 bits per heavy atom. The zero-order valence-electron chi connectivity index (χ0n) is 10.9. The Kier molecular flexibility index (Phi) is 10.6. The molecule has 0 atom stereocenters. The van der Waals surface area contributed by atoms with E-state index in [1.807, 2.05) is 0 Å². The lowest BCUT2D eigenvalue weighted by Gasteiger charge is -2.00. The van der Waals surface area contributed by atoms with Crippen LogP contribution >= 0.6 is 0 Å². The largest absolute Gasteiger partial charge is 0.287 e. The van der Waals surface area contributed by atoms with Gasteiger partial charge in [-0.2, -0.15) is 8.42 Å². The summed E-state index contributed by atoms with van der Waals surface area (Å²) < 4.78 is 29.2. The van der Waals surface area contributed by atoms with Crippen LogP contribution in [-0.2, 0) is 10.1 Å². The maximum absolute atomic E-state index is 10.4. The second-order valence-corrected chi connectivity index (χ2v) is 5.81. The van der Waals surface area contributed by atoms with Gasteiger partial charge in [-0.3, -0.25) is 4.55 Å². The molecule has 0 aliphatic heterocycles. The van der Waals surface area contributed by atoms with Gasteiger partial charge in [-0.05, 0) is 12.8 Å². The van der Waals surface area contributed by atoms with Crippen molar-refractivity contribution in [2.45, 2.75) is 71.1 Å². The quantitative estimate of drug-likeness (QED) is 0.446. The highest BCUT2D eigenvalue weighted by molar-refractivity contribution is 7.88. The van der Waals surface area contributed by atoms with Crippen molar-refractivity contribution in [2.24, 2.45) is 0 Å². The first-order valence-corrected chi connectivity index (χ1v) is 8.20. The van der Waals surface area contributed by atoms with Crippen molar-refractivity contribution in [3.63, 3.8) is 0 Å². The summed E-state index contributed by atoms with van der Waals surface area (Å²) >= 11 is 0. The minimum atomic E-state index is -3.91. The van der Waals surface area contributed by atoms with Crippen molar-refractivity contribution >= 4 is 10.1 Å². The predicted molar refractivity (Wildman–Crippen MR) is 72.5 cm³/mol. The van der Waals surface area contributed by atoms with Crippen LogP contribution in [0.2, 0.25) is 0 Å². The SMILES string of the molecule is CCCCCCCCCCC/C=C/S(=O)(=O)O. The summed E-state index contributed by atoms with van der Waals surface area (Å²) in [6.45, 7) is 2.22. The van der Waals surface area contributed by atoms with Crippen molar-refractivity contribution < 1.29 is 13.0 Å². The van der Waals surface area contributed by atoms with Gasteiger partial charge in [0.1, 0.15) is 0 Å². The van der Waals surface area contributed by atoms with Crippen LogP contribution in [0.25, 0.3) is 0 Å². The molecule has 1 N–H and O–H groups in total. The van der Waals surface area contributed by atoms with Crippen LogP contribution in [0.15, 0.2) is 11.5 Å². The Labute approximate surface area is 106 Å². The lowest BCUT2D eigenvalue weighted by atomic mass is 10.1. The first-order valence-electron chi connectivity index (χ1n) is 6.70. The molecule has 0 amide bonds. The fourth-order valence-electron chi connectivity index (χ4n) is 1.76. The summed E-state index contributed by atoms with van der Waals surface area (Å²) in [5.41, 5.74) is 0. The molecule has 0 saturated heterocycles. The number of allylic oxidation sites excluding steroid dienone is 1. The summed E-state index contributed by atoms with van der Waals surface area (Å²) in [6.07, 6.45) is 13.6. The standard InChI is InChI=1S/C13H26O3S/c1-2-3-4-5-6-7-8-9-10-11-12-13-17(14,15)16/h12-13H,2-11H2,1H3,(H,14,15,16)/b13-12+. The Hall–Kier alpha value is -0.350. The molecule has 0 radical (unpaired) electrons. The van der Waals surface area contributed by atoms with E-state index in [0.717, 1.165) is 24.7 Å². The molecule has 0 aliphatic rings. The molecule has 0 heterocycles. The van der Waals surface area contributed by atoms with Crippen molar-refractivity contribution in [3.8, 4) is 0 Å². The van der Waals surface area contributed by atoms with Crippen LogP contribution in [0.4, 0.5) is 0 Å². The average molecular weight is 262 g/mol. The molecule has 0 spiro atoms. The summed E-state index contributed by atoms with van der Waals surface area (Å²) in [5.74, 6) is 0. The van der Waals surface area contributed by atoms with Crippen LogP contribution in [0.3, 0.4) is 0 Å². The molecule has 0 rings (SSSR count). The Morgan fingerprint density at radius 3 is 1.82 bits per heavy atom. The first-order chi connectivity index (χ1) is 8.06. The van der Waals surface area contributed by atoms with Crippen LogP contribution in [0, 0.1) is 0 Å². The van der Waals surface area contributed by atoms with Crippen LogP contribution in [-0.4, -0.2) is 13.0 Å². The third-order valence-corrected chi connectivity index (χ3v) is 3.28. The van der Waals surface area contributed by atoms with E-state index in [9.17, 15) is 8.42 Å². The highest BCUT2D eigenvalue weighted by Crippen LogP contribution is 2.10. The van der Waals surface area contributed by atoms with Crippen molar-refractivity contribution in [2.75, 3.05) is 0 Å². The predicted octanol–water partition coefficient (Wildman–Crippen LogP) is 4.31. The molecule has 0 bridgehead atoms. The van der Waals surface area contributed by atoms with Gasteiger partial charge in [0.15, 0.2) is 0 Å². The van der Waals surface area contributed by atoms with E-state index in [4.69, 9.17) is 4.55 Å². The number of hydrogen-bond donors (Lipinski definition) is 1. The number of hydrogen-bond acceptors (Lipinski definition) is 2. The number of rotatable bonds is 11. The monoisotopic (exact) mass is 262 g/mol. The molecular formula is C13H26O3S. The van der Waals surface area contributed by atoms with Gasteiger partial charge >= 0.3 is 0 Å². The minimum Gasteiger partial charge on any atom is -0.282 e. The van der Waals surface area contributed by atoms with Crippen LogP contribution in [0.5, 0.6) is 0 Å². The Bertz CT molecular complexity index is 281. The third-order valence-electron chi connectivity index (χ3n) is 2.74. The lowest BCUT2D eigenvalue weighted by molar-refractivity contribution is 0.494. The van der Waals surface area contributed by atoms with Gasteiger partial charge in [0, 0.05) is 0 Å². The van der Waals surface area contributed by atoms with Gasteiger partial charge in [0.2, 0.25) is 0 Å². The van der Waals surface area contributed by atoms with Gasteiger partial charge in [-0.25, -0.2) is 0 Å². The maximum atomic E-state index is 10.4. The van der Waals surface area contributed by atoms with E-state index in [1.165, 1.54) is 51.0 Å². The smallest absolute Gasteiger partial charge is 0.282 e. The summed E-state index contributed by atoms with van der Waals surface area (Å²) in [6, 6.07) is 0. The Morgan fingerprint density at radius 1 is 0.882 bits per heavy atom. The fraction of sp³-hybridized carbons (Fsp3) is 0.846. The molecule has 0 saturated carbocycles. The molecule has 0 fully saturated rings. The molecule has 3 nitrogen and oxygen atoms in total. The summed E-state index contributed by atoms with van der Waals surface area (Å²) in [4.78, 5) is 0. The van der Waals surface area contributed by atoms with E-state index in [-0.39, 0.29) is 0 Å². The lowest BCUT2D eigenvalue weighted by Crippen LogP contribution is -1.89. The molecular weight excluding hydrogens is 236 g/mol. The van der Waals surface area contributed by atoms with Crippen molar-refractivity contribution in [3.05, 3.63) is 11.5 Å². The van der Waals surface area contributed by atoms with E-state index >= 15 is 0 Å². The van der Waals surface area contributed by atoms with E-state index in [0.29, 0.717) is 0 Å². The minimum absolute atomic E-state index is 0.732. The highest BCUT2D eigenvalue weighted by Gasteiger charge is 1.94. The van der Waals surface area contributed by atoms with Crippen molar-refractivity contribution in [1.82, 2.24) is 0 Å². The Balaban J connectivity index is 3.17.